The summed E-state index contributed by atoms with van der Waals surface area (Å²) < 4.78 is 5.33. The number of hydrogen-bond donors (Lipinski definition) is 1. The van der Waals surface area contributed by atoms with Gasteiger partial charge in [-0.3, -0.25) is 4.90 Å². The highest BCUT2D eigenvalue weighted by atomic mass is 16.5. The zero-order valence-electron chi connectivity index (χ0n) is 12.7. The van der Waals surface area contributed by atoms with Crippen molar-refractivity contribution in [2.45, 2.75) is 18.9 Å². The van der Waals surface area contributed by atoms with Gasteiger partial charge >= 0.3 is 0 Å². The van der Waals surface area contributed by atoms with Crippen molar-refractivity contribution in [2.75, 3.05) is 26.4 Å². The number of hydrogen-bond acceptors (Lipinski definition) is 3. The molecule has 110 valence electrons. The van der Waals surface area contributed by atoms with Gasteiger partial charge in [0.15, 0.2) is 0 Å². The predicted molar refractivity (Wildman–Crippen MR) is 86.6 cm³/mol. The van der Waals surface area contributed by atoms with Crippen molar-refractivity contribution in [3.63, 3.8) is 0 Å². The number of anilines is 1. The summed E-state index contributed by atoms with van der Waals surface area (Å²) in [6.07, 6.45) is 2.04. The largest absolute Gasteiger partial charge is 0.497 e. The molecule has 0 radical (unpaired) electrons. The second kappa shape index (κ2) is 5.78. The number of ether oxygens (including phenoxy) is 1. The Morgan fingerprint density at radius 3 is 2.86 bits per heavy atom. The molecule has 3 heteroatoms. The average molecular weight is 282 g/mol. The van der Waals surface area contributed by atoms with Crippen LogP contribution in [-0.4, -0.2) is 25.6 Å². The third kappa shape index (κ3) is 2.74. The molecule has 0 fully saturated rings. The summed E-state index contributed by atoms with van der Waals surface area (Å²) in [5, 5.41) is 0. The minimum absolute atomic E-state index is 0.379. The lowest BCUT2D eigenvalue weighted by atomic mass is 9.89. The van der Waals surface area contributed by atoms with Crippen LogP contribution in [0.15, 0.2) is 42.5 Å². The number of nitrogens with zero attached hydrogens (tertiary/aromatic N) is 1. The van der Waals surface area contributed by atoms with Crippen LogP contribution in [0.4, 0.5) is 5.69 Å². The topological polar surface area (TPSA) is 38.5 Å². The molecule has 2 N–H and O–H groups in total. The van der Waals surface area contributed by atoms with Crippen molar-refractivity contribution in [1.82, 2.24) is 4.90 Å². The summed E-state index contributed by atoms with van der Waals surface area (Å²) in [7, 11) is 3.88. The van der Waals surface area contributed by atoms with Gasteiger partial charge in [-0.2, -0.15) is 0 Å². The Balaban J connectivity index is 1.94. The molecule has 1 aliphatic heterocycles. The van der Waals surface area contributed by atoms with Crippen molar-refractivity contribution in [3.8, 4) is 5.75 Å². The van der Waals surface area contributed by atoms with Crippen LogP contribution in [0.2, 0.25) is 0 Å². The number of rotatable bonds is 3. The van der Waals surface area contributed by atoms with Gasteiger partial charge in [-0.05, 0) is 54.8 Å². The van der Waals surface area contributed by atoms with Crippen LogP contribution in [0.3, 0.4) is 0 Å². The van der Waals surface area contributed by atoms with Crippen molar-refractivity contribution in [2.24, 2.45) is 0 Å². The Morgan fingerprint density at radius 1 is 1.24 bits per heavy atom. The molecule has 1 aliphatic rings. The molecule has 0 spiro atoms. The second-order valence-corrected chi connectivity index (χ2v) is 5.71. The summed E-state index contributed by atoms with van der Waals surface area (Å²) in [6.45, 7) is 1.09. The van der Waals surface area contributed by atoms with Gasteiger partial charge in [-0.15, -0.1) is 0 Å². The van der Waals surface area contributed by atoms with Crippen LogP contribution in [-0.2, 0) is 12.8 Å². The molecule has 1 heterocycles. The fraction of sp³-hybridized carbons (Fsp3) is 0.333. The SMILES string of the molecule is COc1ccc(N)c(C[C@H]2c3ccccc3CCN2C)c1. The van der Waals surface area contributed by atoms with Gasteiger partial charge in [0.05, 0.1) is 7.11 Å². The van der Waals surface area contributed by atoms with Crippen molar-refractivity contribution in [3.05, 3.63) is 59.2 Å². The maximum Gasteiger partial charge on any atom is 0.119 e. The van der Waals surface area contributed by atoms with Crippen LogP contribution < -0.4 is 10.5 Å². The van der Waals surface area contributed by atoms with Crippen molar-refractivity contribution < 1.29 is 4.74 Å². The molecule has 0 aliphatic carbocycles. The van der Waals surface area contributed by atoms with E-state index >= 15 is 0 Å². The van der Waals surface area contributed by atoms with Crippen LogP contribution in [0, 0.1) is 0 Å². The molecule has 0 aromatic heterocycles. The van der Waals surface area contributed by atoms with Gasteiger partial charge in [0.2, 0.25) is 0 Å². The summed E-state index contributed by atoms with van der Waals surface area (Å²) in [6, 6.07) is 15.0. The van der Waals surface area contributed by atoms with E-state index in [4.69, 9.17) is 10.5 Å². The zero-order valence-corrected chi connectivity index (χ0v) is 12.7. The lowest BCUT2D eigenvalue weighted by Gasteiger charge is -2.35. The van der Waals surface area contributed by atoms with E-state index in [1.165, 1.54) is 11.1 Å². The quantitative estimate of drug-likeness (QED) is 0.879. The highest BCUT2D eigenvalue weighted by Gasteiger charge is 2.25. The summed E-state index contributed by atoms with van der Waals surface area (Å²) >= 11 is 0. The molecular formula is C18H22N2O. The average Bonchev–Trinajstić information content (AvgIpc) is 2.52. The van der Waals surface area contributed by atoms with Gasteiger partial charge in [0, 0.05) is 18.3 Å². The molecule has 0 saturated carbocycles. The Bertz CT molecular complexity index is 639. The number of methoxy groups -OCH3 is 1. The first kappa shape index (κ1) is 14.0. The smallest absolute Gasteiger partial charge is 0.119 e. The van der Waals surface area contributed by atoms with E-state index in [-0.39, 0.29) is 0 Å². The third-order valence-corrected chi connectivity index (χ3v) is 4.44. The van der Waals surface area contributed by atoms with E-state index in [0.717, 1.165) is 36.4 Å². The Labute approximate surface area is 126 Å². The monoisotopic (exact) mass is 282 g/mol. The molecule has 0 unspecified atom stereocenters. The van der Waals surface area contributed by atoms with Crippen LogP contribution in [0.5, 0.6) is 5.75 Å². The molecule has 1 atom stereocenters. The van der Waals surface area contributed by atoms with Crippen LogP contribution in [0.1, 0.15) is 22.7 Å². The van der Waals surface area contributed by atoms with E-state index in [9.17, 15) is 0 Å². The van der Waals surface area contributed by atoms with Gasteiger partial charge < -0.3 is 10.5 Å². The second-order valence-electron chi connectivity index (χ2n) is 5.71. The van der Waals surface area contributed by atoms with Crippen molar-refractivity contribution >= 4 is 5.69 Å². The number of nitrogen functional groups attached to an aromatic ring is 1. The van der Waals surface area contributed by atoms with E-state index in [1.807, 2.05) is 12.1 Å². The van der Waals surface area contributed by atoms with Crippen molar-refractivity contribution in [1.29, 1.82) is 0 Å². The summed E-state index contributed by atoms with van der Waals surface area (Å²) in [5.74, 6) is 0.867. The maximum absolute atomic E-state index is 6.15. The number of benzene rings is 2. The number of fused-ring (bicyclic) bond motifs is 1. The molecule has 0 saturated heterocycles. The van der Waals surface area contributed by atoms with Gasteiger partial charge in [-0.25, -0.2) is 0 Å². The van der Waals surface area contributed by atoms with Gasteiger partial charge in [-0.1, -0.05) is 24.3 Å². The van der Waals surface area contributed by atoms with Gasteiger partial charge in [0.25, 0.3) is 0 Å². The standard InChI is InChI=1S/C18H22N2O/c1-20-10-9-13-5-3-4-6-16(13)18(20)12-14-11-15(21-2)7-8-17(14)19/h3-8,11,18H,9-10,12,19H2,1-2H3/t18-/m0/s1. The van der Waals surface area contributed by atoms with E-state index < -0.39 is 0 Å². The van der Waals surface area contributed by atoms with Crippen LogP contribution >= 0.6 is 0 Å². The minimum Gasteiger partial charge on any atom is -0.497 e. The highest BCUT2D eigenvalue weighted by molar-refractivity contribution is 5.51. The molecular weight excluding hydrogens is 260 g/mol. The molecule has 3 rings (SSSR count). The lowest BCUT2D eigenvalue weighted by molar-refractivity contribution is 0.229. The molecule has 3 nitrogen and oxygen atoms in total. The van der Waals surface area contributed by atoms with E-state index in [1.54, 1.807) is 7.11 Å². The Hall–Kier alpha value is -2.00. The number of likely N-dealkylation sites (N-methyl/N-ethyl adjacent to an activating group) is 1. The normalized spacial score (nSPS) is 18.3. The van der Waals surface area contributed by atoms with E-state index in [0.29, 0.717) is 6.04 Å². The van der Waals surface area contributed by atoms with E-state index in [2.05, 4.69) is 42.3 Å². The summed E-state index contributed by atoms with van der Waals surface area (Å²) in [4.78, 5) is 2.42. The Morgan fingerprint density at radius 2 is 2.05 bits per heavy atom. The first-order valence-corrected chi connectivity index (χ1v) is 7.39. The maximum atomic E-state index is 6.15. The highest BCUT2D eigenvalue weighted by Crippen LogP contribution is 2.33. The molecule has 21 heavy (non-hydrogen) atoms. The third-order valence-electron chi connectivity index (χ3n) is 4.44. The molecule has 0 amide bonds. The Kier molecular flexibility index (Phi) is 3.84. The zero-order chi connectivity index (χ0) is 14.8. The van der Waals surface area contributed by atoms with Crippen LogP contribution in [0.25, 0.3) is 0 Å². The predicted octanol–water partition coefficient (Wildman–Crippen LogP) is 3.05. The minimum atomic E-state index is 0.379. The fourth-order valence-corrected chi connectivity index (χ4v) is 3.14. The first-order chi connectivity index (χ1) is 10.2. The first-order valence-electron chi connectivity index (χ1n) is 7.39. The molecule has 2 aromatic carbocycles. The van der Waals surface area contributed by atoms with Gasteiger partial charge in [0.1, 0.15) is 5.75 Å². The summed E-state index contributed by atoms with van der Waals surface area (Å²) in [5.41, 5.74) is 11.0. The number of nitrogens with two attached hydrogens (primary N) is 1. The molecule has 0 bridgehead atoms. The molecule has 2 aromatic rings. The fourth-order valence-electron chi connectivity index (χ4n) is 3.14. The lowest BCUT2D eigenvalue weighted by Crippen LogP contribution is -2.33.